The maximum absolute atomic E-state index is 6.30. The zero-order valence-electron chi connectivity index (χ0n) is 39.3. The SMILES string of the molecule is COc1cc(OC)c2cc1C(CC(C)C)c1cc(c(OC)cc1OC)C(CC(C)C)c1cc(c(OC)cc1OC)C(CC(C)C)c1cc(c(OC)cc1OC)C2CC(C)C. The van der Waals surface area contributed by atoms with Gasteiger partial charge in [-0.05, 0) is 73.6 Å². The molecule has 0 saturated heterocycles. The van der Waals surface area contributed by atoms with Crippen LogP contribution in [0.1, 0.15) is 149 Å². The molecule has 8 bridgehead atoms. The maximum atomic E-state index is 6.30. The van der Waals surface area contributed by atoms with Crippen LogP contribution in [0.5, 0.6) is 46.0 Å². The van der Waals surface area contributed by atoms with Crippen LogP contribution in [-0.4, -0.2) is 56.9 Å². The van der Waals surface area contributed by atoms with Gasteiger partial charge in [0, 0.05) is 92.4 Å². The van der Waals surface area contributed by atoms with Crippen molar-refractivity contribution in [3.05, 3.63) is 93.0 Å². The van der Waals surface area contributed by atoms with E-state index in [1.807, 2.05) is 0 Å². The molecule has 4 aromatic carbocycles. The number of benzene rings is 4. The maximum Gasteiger partial charge on any atom is 0.126 e. The van der Waals surface area contributed by atoms with Crippen LogP contribution in [0.3, 0.4) is 0 Å². The van der Waals surface area contributed by atoms with Gasteiger partial charge < -0.3 is 37.9 Å². The van der Waals surface area contributed by atoms with Gasteiger partial charge in [-0.3, -0.25) is 0 Å². The number of rotatable bonds is 16. The zero-order valence-corrected chi connectivity index (χ0v) is 39.3. The van der Waals surface area contributed by atoms with Gasteiger partial charge in [0.25, 0.3) is 0 Å². The van der Waals surface area contributed by atoms with E-state index in [9.17, 15) is 0 Å². The Morgan fingerprint density at radius 2 is 0.400 bits per heavy atom. The Labute approximate surface area is 361 Å². The van der Waals surface area contributed by atoms with E-state index in [0.29, 0.717) is 23.7 Å². The Balaban J connectivity index is 2.12. The van der Waals surface area contributed by atoms with Gasteiger partial charge >= 0.3 is 0 Å². The monoisotopic (exact) mass is 825 g/mol. The van der Waals surface area contributed by atoms with E-state index in [1.165, 1.54) is 0 Å². The molecule has 0 heterocycles. The average Bonchev–Trinajstić information content (AvgIpc) is 3.23. The summed E-state index contributed by atoms with van der Waals surface area (Å²) in [5.41, 5.74) is 8.61. The van der Waals surface area contributed by atoms with E-state index in [4.69, 9.17) is 37.9 Å². The van der Waals surface area contributed by atoms with Crippen LogP contribution in [0.4, 0.5) is 0 Å². The normalized spacial score (nSPS) is 17.5. The second-order valence-electron chi connectivity index (χ2n) is 18.1. The molecule has 5 rings (SSSR count). The molecule has 0 aliphatic heterocycles. The first kappa shape index (κ1) is 46.3. The number of hydrogen-bond acceptors (Lipinski definition) is 8. The molecule has 0 radical (unpaired) electrons. The van der Waals surface area contributed by atoms with Gasteiger partial charge in [-0.2, -0.15) is 0 Å². The summed E-state index contributed by atoms with van der Waals surface area (Å²) in [6, 6.07) is 17.6. The van der Waals surface area contributed by atoms with Crippen LogP contribution in [0.15, 0.2) is 48.5 Å². The highest BCUT2D eigenvalue weighted by Gasteiger charge is 2.35. The van der Waals surface area contributed by atoms with Crippen molar-refractivity contribution >= 4 is 0 Å². The van der Waals surface area contributed by atoms with Crippen LogP contribution in [0.2, 0.25) is 0 Å². The van der Waals surface area contributed by atoms with Crippen molar-refractivity contribution in [2.45, 2.75) is 105 Å². The van der Waals surface area contributed by atoms with E-state index >= 15 is 0 Å². The van der Waals surface area contributed by atoms with Crippen molar-refractivity contribution in [3.8, 4) is 46.0 Å². The highest BCUT2D eigenvalue weighted by atomic mass is 16.5. The minimum atomic E-state index is -0.103. The topological polar surface area (TPSA) is 73.8 Å². The summed E-state index contributed by atoms with van der Waals surface area (Å²) in [5, 5.41) is 0. The molecule has 4 aromatic rings. The smallest absolute Gasteiger partial charge is 0.126 e. The first-order chi connectivity index (χ1) is 28.7. The lowest BCUT2D eigenvalue weighted by atomic mass is 9.75. The minimum absolute atomic E-state index is 0.103. The first-order valence-electron chi connectivity index (χ1n) is 21.7. The fraction of sp³-hybridized carbons (Fsp3) is 0.538. The third-order valence-electron chi connectivity index (χ3n) is 12.2. The van der Waals surface area contributed by atoms with Crippen LogP contribution in [-0.2, 0) is 0 Å². The van der Waals surface area contributed by atoms with Gasteiger partial charge in [-0.15, -0.1) is 0 Å². The first-order valence-corrected chi connectivity index (χ1v) is 21.7. The van der Waals surface area contributed by atoms with Crippen molar-refractivity contribution in [1.82, 2.24) is 0 Å². The molecular weight excluding hydrogens is 753 g/mol. The lowest BCUT2D eigenvalue weighted by Crippen LogP contribution is -2.16. The Bertz CT molecular complexity index is 1660. The van der Waals surface area contributed by atoms with E-state index in [-0.39, 0.29) is 23.7 Å². The minimum Gasteiger partial charge on any atom is -0.496 e. The third kappa shape index (κ3) is 9.58. The van der Waals surface area contributed by atoms with Crippen molar-refractivity contribution in [1.29, 1.82) is 0 Å². The van der Waals surface area contributed by atoms with Crippen molar-refractivity contribution in [3.63, 3.8) is 0 Å². The van der Waals surface area contributed by atoms with Gasteiger partial charge in [0.2, 0.25) is 0 Å². The summed E-state index contributed by atoms with van der Waals surface area (Å²) < 4.78 is 50.4. The van der Waals surface area contributed by atoms with Gasteiger partial charge in [0.1, 0.15) is 46.0 Å². The third-order valence-corrected chi connectivity index (χ3v) is 12.2. The molecule has 0 atom stereocenters. The summed E-state index contributed by atoms with van der Waals surface area (Å²) in [6.07, 6.45) is 3.38. The van der Waals surface area contributed by atoms with Gasteiger partial charge in [0.15, 0.2) is 0 Å². The number of hydrogen-bond donors (Lipinski definition) is 0. The highest BCUT2D eigenvalue weighted by Crippen LogP contribution is 2.53. The molecule has 0 amide bonds. The van der Waals surface area contributed by atoms with E-state index in [0.717, 1.165) is 116 Å². The lowest BCUT2D eigenvalue weighted by molar-refractivity contribution is 0.368. The molecule has 1 aliphatic carbocycles. The van der Waals surface area contributed by atoms with Crippen molar-refractivity contribution < 1.29 is 37.9 Å². The van der Waals surface area contributed by atoms with E-state index in [1.54, 1.807) is 56.9 Å². The Hall–Kier alpha value is -4.72. The van der Waals surface area contributed by atoms with E-state index < -0.39 is 0 Å². The van der Waals surface area contributed by atoms with Crippen molar-refractivity contribution in [2.75, 3.05) is 56.9 Å². The van der Waals surface area contributed by atoms with Gasteiger partial charge in [-0.1, -0.05) is 55.4 Å². The molecule has 60 heavy (non-hydrogen) atoms. The highest BCUT2D eigenvalue weighted by molar-refractivity contribution is 5.63. The molecule has 1 aliphatic rings. The molecule has 0 unspecified atom stereocenters. The molecule has 0 fully saturated rings. The predicted molar refractivity (Wildman–Crippen MR) is 243 cm³/mol. The second-order valence-corrected chi connectivity index (χ2v) is 18.1. The van der Waals surface area contributed by atoms with Crippen LogP contribution in [0, 0.1) is 23.7 Å². The largest absolute Gasteiger partial charge is 0.496 e. The molecule has 0 N–H and O–H groups in total. The Kier molecular flexibility index (Phi) is 15.6. The molecule has 8 heteroatoms. The summed E-state index contributed by atoms with van der Waals surface area (Å²) in [6.45, 7) is 18.2. The predicted octanol–water partition coefficient (Wildman–Crippen LogP) is 12.8. The molecule has 0 saturated carbocycles. The molecule has 328 valence electrons. The summed E-state index contributed by atoms with van der Waals surface area (Å²) in [4.78, 5) is 0. The van der Waals surface area contributed by atoms with Crippen LogP contribution < -0.4 is 37.9 Å². The number of methoxy groups -OCH3 is 8. The lowest BCUT2D eigenvalue weighted by Gasteiger charge is -2.32. The molecule has 0 aromatic heterocycles. The average molecular weight is 825 g/mol. The Morgan fingerprint density at radius 3 is 0.500 bits per heavy atom. The van der Waals surface area contributed by atoms with E-state index in [2.05, 4.69) is 104 Å². The van der Waals surface area contributed by atoms with Crippen LogP contribution >= 0.6 is 0 Å². The van der Waals surface area contributed by atoms with Crippen molar-refractivity contribution in [2.24, 2.45) is 23.7 Å². The zero-order chi connectivity index (χ0) is 44.0. The number of ether oxygens (including phenoxy) is 8. The molecular formula is C52H72O8. The standard InChI is InChI=1S/C52H72O8/c1-29(2)17-33-37-21-39(47(55-11)25-45(37)53-9)34(18-30(3)4)41-23-43(51(59-15)27-49(41)57-13)36(20-32(7)8)44-24-42(50(58-14)28-52(44)60-16)35(19-31(5)6)40-22-38(33)46(54-10)26-48(40)56-12/h21-36H,17-20H2,1-16H3. The number of fused-ring (bicyclic) bond motifs is 8. The molecule has 8 nitrogen and oxygen atoms in total. The fourth-order valence-corrected chi connectivity index (χ4v) is 9.55. The fourth-order valence-electron chi connectivity index (χ4n) is 9.55. The summed E-state index contributed by atoms with van der Waals surface area (Å²) >= 11 is 0. The summed E-state index contributed by atoms with van der Waals surface area (Å²) in [7, 11) is 14.0. The molecule has 0 spiro atoms. The van der Waals surface area contributed by atoms with Crippen LogP contribution in [0.25, 0.3) is 0 Å². The quantitative estimate of drug-likeness (QED) is 0.111. The van der Waals surface area contributed by atoms with Gasteiger partial charge in [-0.25, -0.2) is 0 Å². The van der Waals surface area contributed by atoms with Gasteiger partial charge in [0.05, 0.1) is 56.9 Å². The second kappa shape index (κ2) is 20.2. The Morgan fingerprint density at radius 1 is 0.267 bits per heavy atom. The summed E-state index contributed by atoms with van der Waals surface area (Å²) in [5.74, 6) is 7.10.